The number of aromatic nitrogens is 2. The predicted octanol–water partition coefficient (Wildman–Crippen LogP) is 2.94. The molecule has 4 nitrogen and oxygen atoms in total. The van der Waals surface area contributed by atoms with Crippen LogP contribution in [0, 0.1) is 19.8 Å². The van der Waals surface area contributed by atoms with Crippen LogP contribution in [0.25, 0.3) is 0 Å². The zero-order valence-electron chi connectivity index (χ0n) is 13.1. The highest BCUT2D eigenvalue weighted by atomic mass is 16.5. The quantitative estimate of drug-likeness (QED) is 0.823. The zero-order valence-corrected chi connectivity index (χ0v) is 13.1. The molecule has 0 aliphatic carbocycles. The number of rotatable bonds is 7. The average molecular weight is 265 g/mol. The highest BCUT2D eigenvalue weighted by Gasteiger charge is 2.20. The summed E-state index contributed by atoms with van der Waals surface area (Å²) in [5.74, 6) is 1.19. The maximum Gasteiger partial charge on any atom is 0.157 e. The van der Waals surface area contributed by atoms with Crippen molar-refractivity contribution in [1.29, 1.82) is 0 Å². The van der Waals surface area contributed by atoms with E-state index in [4.69, 9.17) is 4.74 Å². The summed E-state index contributed by atoms with van der Waals surface area (Å²) in [6.45, 7) is 15.0. The number of aryl methyl sites for hydroxylation is 2. The van der Waals surface area contributed by atoms with Gasteiger partial charge in [-0.25, -0.2) is 9.97 Å². The van der Waals surface area contributed by atoms with Gasteiger partial charge < -0.3 is 10.1 Å². The minimum absolute atomic E-state index is 0.0180. The van der Waals surface area contributed by atoms with Gasteiger partial charge >= 0.3 is 0 Å². The summed E-state index contributed by atoms with van der Waals surface area (Å²) in [6.07, 6.45) is -0.0180. The van der Waals surface area contributed by atoms with Crippen molar-refractivity contribution in [2.24, 2.45) is 5.92 Å². The van der Waals surface area contributed by atoms with Crippen molar-refractivity contribution in [3.8, 4) is 0 Å². The lowest BCUT2D eigenvalue weighted by atomic mass is 10.1. The number of ether oxygens (including phenoxy) is 1. The number of nitrogens with zero attached hydrogens (tertiary/aromatic N) is 2. The standard InChI is InChI=1S/C15H27N3O/c1-7-16-9-13-11(5)17-15(18-12(13)6)14(10(3)4)19-8-2/h10,14,16H,7-9H2,1-6H3. The minimum Gasteiger partial charge on any atom is -0.370 e. The number of hydrogen-bond donors (Lipinski definition) is 1. The Morgan fingerprint density at radius 1 is 1.11 bits per heavy atom. The third kappa shape index (κ3) is 4.25. The second-order valence-electron chi connectivity index (χ2n) is 5.13. The van der Waals surface area contributed by atoms with Gasteiger partial charge in [-0.3, -0.25) is 0 Å². The molecule has 1 atom stereocenters. The normalized spacial score (nSPS) is 13.0. The van der Waals surface area contributed by atoms with E-state index in [1.54, 1.807) is 0 Å². The van der Waals surface area contributed by atoms with Gasteiger partial charge in [-0.05, 0) is 33.2 Å². The van der Waals surface area contributed by atoms with E-state index in [9.17, 15) is 0 Å². The lowest BCUT2D eigenvalue weighted by molar-refractivity contribution is 0.0229. The Hall–Kier alpha value is -1.00. The lowest BCUT2D eigenvalue weighted by Crippen LogP contribution is -2.19. The fourth-order valence-corrected chi connectivity index (χ4v) is 2.14. The topological polar surface area (TPSA) is 47.0 Å². The van der Waals surface area contributed by atoms with Crippen LogP contribution in [0.1, 0.15) is 56.6 Å². The van der Waals surface area contributed by atoms with E-state index >= 15 is 0 Å². The van der Waals surface area contributed by atoms with Gasteiger partial charge in [0.1, 0.15) is 6.10 Å². The Kier molecular flexibility index (Phi) is 6.38. The molecule has 0 spiro atoms. The smallest absolute Gasteiger partial charge is 0.157 e. The van der Waals surface area contributed by atoms with Crippen molar-refractivity contribution in [1.82, 2.24) is 15.3 Å². The molecule has 1 N–H and O–H groups in total. The van der Waals surface area contributed by atoms with Crippen LogP contribution in [-0.2, 0) is 11.3 Å². The van der Waals surface area contributed by atoms with E-state index in [0.29, 0.717) is 12.5 Å². The molecular weight excluding hydrogens is 238 g/mol. The van der Waals surface area contributed by atoms with Crippen molar-refractivity contribution in [2.45, 2.75) is 54.2 Å². The molecular formula is C15H27N3O. The molecule has 19 heavy (non-hydrogen) atoms. The van der Waals surface area contributed by atoms with Crippen molar-refractivity contribution in [3.63, 3.8) is 0 Å². The molecule has 0 amide bonds. The van der Waals surface area contributed by atoms with Crippen LogP contribution in [0.2, 0.25) is 0 Å². The third-order valence-electron chi connectivity index (χ3n) is 3.20. The predicted molar refractivity (Wildman–Crippen MR) is 78.1 cm³/mol. The first kappa shape index (κ1) is 16.1. The zero-order chi connectivity index (χ0) is 14.4. The Bertz CT molecular complexity index is 381. The summed E-state index contributed by atoms with van der Waals surface area (Å²) in [5.41, 5.74) is 3.30. The van der Waals surface area contributed by atoms with E-state index in [1.807, 2.05) is 20.8 Å². The van der Waals surface area contributed by atoms with Crippen LogP contribution in [0.15, 0.2) is 0 Å². The van der Waals surface area contributed by atoms with Crippen LogP contribution in [0.4, 0.5) is 0 Å². The molecule has 1 aromatic heterocycles. The molecule has 0 aromatic carbocycles. The van der Waals surface area contributed by atoms with Crippen molar-refractivity contribution in [2.75, 3.05) is 13.2 Å². The summed E-state index contributed by atoms with van der Waals surface area (Å²) in [5, 5.41) is 3.33. The van der Waals surface area contributed by atoms with Gasteiger partial charge in [-0.2, -0.15) is 0 Å². The largest absolute Gasteiger partial charge is 0.370 e. The summed E-state index contributed by atoms with van der Waals surface area (Å²) in [4.78, 5) is 9.30. The summed E-state index contributed by atoms with van der Waals surface area (Å²) in [7, 11) is 0. The van der Waals surface area contributed by atoms with Crippen molar-refractivity contribution >= 4 is 0 Å². The third-order valence-corrected chi connectivity index (χ3v) is 3.20. The van der Waals surface area contributed by atoms with Gasteiger partial charge in [-0.15, -0.1) is 0 Å². The van der Waals surface area contributed by atoms with Gasteiger partial charge in [-0.1, -0.05) is 20.8 Å². The van der Waals surface area contributed by atoms with Gasteiger partial charge in [0.05, 0.1) is 0 Å². The molecule has 0 radical (unpaired) electrons. The molecule has 108 valence electrons. The molecule has 0 bridgehead atoms. The Morgan fingerprint density at radius 2 is 1.68 bits per heavy atom. The maximum atomic E-state index is 5.78. The lowest BCUT2D eigenvalue weighted by Gasteiger charge is -2.21. The fourth-order valence-electron chi connectivity index (χ4n) is 2.14. The Morgan fingerprint density at radius 3 is 2.11 bits per heavy atom. The van der Waals surface area contributed by atoms with E-state index < -0.39 is 0 Å². The first-order valence-corrected chi connectivity index (χ1v) is 7.17. The van der Waals surface area contributed by atoms with Gasteiger partial charge in [0.15, 0.2) is 5.82 Å². The molecule has 0 aliphatic rings. The van der Waals surface area contributed by atoms with E-state index in [-0.39, 0.29) is 6.10 Å². The van der Waals surface area contributed by atoms with Crippen LogP contribution in [0.5, 0.6) is 0 Å². The van der Waals surface area contributed by atoms with Gasteiger partial charge in [0, 0.05) is 30.1 Å². The second-order valence-corrected chi connectivity index (χ2v) is 5.13. The van der Waals surface area contributed by atoms with E-state index in [1.165, 1.54) is 5.56 Å². The fraction of sp³-hybridized carbons (Fsp3) is 0.733. The monoisotopic (exact) mass is 265 g/mol. The van der Waals surface area contributed by atoms with Crippen molar-refractivity contribution in [3.05, 3.63) is 22.8 Å². The Labute approximate surface area is 117 Å². The van der Waals surface area contributed by atoms with Crippen LogP contribution in [-0.4, -0.2) is 23.1 Å². The molecule has 0 saturated carbocycles. The van der Waals surface area contributed by atoms with Crippen LogP contribution in [0.3, 0.4) is 0 Å². The molecule has 1 heterocycles. The molecule has 4 heteroatoms. The van der Waals surface area contributed by atoms with Crippen LogP contribution >= 0.6 is 0 Å². The van der Waals surface area contributed by atoms with E-state index in [0.717, 1.165) is 30.3 Å². The summed E-state index contributed by atoms with van der Waals surface area (Å²) >= 11 is 0. The first-order chi connectivity index (χ1) is 9.01. The Balaban J connectivity index is 3.04. The molecule has 1 aromatic rings. The summed E-state index contributed by atoms with van der Waals surface area (Å²) in [6, 6.07) is 0. The number of nitrogens with one attached hydrogen (secondary N) is 1. The van der Waals surface area contributed by atoms with Gasteiger partial charge in [0.25, 0.3) is 0 Å². The second kappa shape index (κ2) is 7.56. The minimum atomic E-state index is -0.0180. The van der Waals surface area contributed by atoms with Crippen LogP contribution < -0.4 is 5.32 Å². The van der Waals surface area contributed by atoms with E-state index in [2.05, 4.69) is 36.1 Å². The maximum absolute atomic E-state index is 5.78. The molecule has 0 aliphatic heterocycles. The summed E-state index contributed by atoms with van der Waals surface area (Å²) < 4.78 is 5.78. The highest BCUT2D eigenvalue weighted by molar-refractivity contribution is 5.24. The number of hydrogen-bond acceptors (Lipinski definition) is 4. The molecule has 0 saturated heterocycles. The first-order valence-electron chi connectivity index (χ1n) is 7.17. The highest BCUT2D eigenvalue weighted by Crippen LogP contribution is 2.24. The molecule has 1 unspecified atom stereocenters. The van der Waals surface area contributed by atoms with Gasteiger partial charge in [0.2, 0.25) is 0 Å². The molecule has 0 fully saturated rings. The average Bonchev–Trinajstić information content (AvgIpc) is 2.34. The van der Waals surface area contributed by atoms with Crippen molar-refractivity contribution < 1.29 is 4.74 Å². The molecule has 1 rings (SSSR count). The SMILES string of the molecule is CCNCc1c(C)nc(C(OCC)C(C)C)nc1C.